The molecule has 1 aromatic rings. The molecule has 1 aliphatic rings. The molecule has 1 amide bonds. The number of rotatable bonds is 3. The lowest BCUT2D eigenvalue weighted by Crippen LogP contribution is -2.38. The molecule has 2 rings (SSSR count). The Morgan fingerprint density at radius 3 is 2.40 bits per heavy atom. The van der Waals surface area contributed by atoms with Crippen LogP contribution in [0.4, 0.5) is 13.2 Å². The molecule has 0 N–H and O–H groups in total. The maximum atomic E-state index is 12.1. The van der Waals surface area contributed by atoms with E-state index in [1.807, 2.05) is 12.1 Å². The van der Waals surface area contributed by atoms with E-state index in [0.29, 0.717) is 19.0 Å². The Labute approximate surface area is 115 Å². The van der Waals surface area contributed by atoms with Gasteiger partial charge in [0.05, 0.1) is 6.42 Å². The monoisotopic (exact) mass is 286 g/mol. The zero-order valence-electron chi connectivity index (χ0n) is 11.1. The SMILES string of the molecule is O=C(CCC(F)(F)F)N1CCC(c2ccncc2)CC1. The van der Waals surface area contributed by atoms with Crippen molar-refractivity contribution in [2.45, 2.75) is 37.8 Å². The first kappa shape index (κ1) is 14.8. The smallest absolute Gasteiger partial charge is 0.343 e. The summed E-state index contributed by atoms with van der Waals surface area (Å²) >= 11 is 0. The van der Waals surface area contributed by atoms with Crippen LogP contribution in [0.1, 0.15) is 37.2 Å². The van der Waals surface area contributed by atoms with Gasteiger partial charge in [-0.2, -0.15) is 13.2 Å². The van der Waals surface area contributed by atoms with Crippen LogP contribution in [0, 0.1) is 0 Å². The molecule has 20 heavy (non-hydrogen) atoms. The van der Waals surface area contributed by atoms with Crippen LogP contribution in [-0.2, 0) is 4.79 Å². The largest absolute Gasteiger partial charge is 0.389 e. The maximum Gasteiger partial charge on any atom is 0.389 e. The van der Waals surface area contributed by atoms with Crippen molar-refractivity contribution in [2.24, 2.45) is 0 Å². The highest BCUT2D eigenvalue weighted by Crippen LogP contribution is 2.28. The summed E-state index contributed by atoms with van der Waals surface area (Å²) in [5.41, 5.74) is 1.18. The summed E-state index contributed by atoms with van der Waals surface area (Å²) in [4.78, 5) is 17.2. The molecule has 0 radical (unpaired) electrons. The Morgan fingerprint density at radius 2 is 1.85 bits per heavy atom. The van der Waals surface area contributed by atoms with Gasteiger partial charge in [-0.15, -0.1) is 0 Å². The van der Waals surface area contributed by atoms with E-state index in [1.165, 1.54) is 5.56 Å². The molecule has 0 aliphatic carbocycles. The van der Waals surface area contributed by atoms with Crippen LogP contribution < -0.4 is 0 Å². The fourth-order valence-corrected chi connectivity index (χ4v) is 2.50. The number of piperidine rings is 1. The number of aromatic nitrogens is 1. The number of carbonyl (C=O) groups excluding carboxylic acids is 1. The Kier molecular flexibility index (Phi) is 4.62. The van der Waals surface area contributed by atoms with E-state index in [9.17, 15) is 18.0 Å². The van der Waals surface area contributed by atoms with Crippen molar-refractivity contribution in [1.29, 1.82) is 0 Å². The Morgan fingerprint density at radius 1 is 1.25 bits per heavy atom. The minimum Gasteiger partial charge on any atom is -0.343 e. The molecule has 0 unspecified atom stereocenters. The van der Waals surface area contributed by atoms with Crippen molar-refractivity contribution in [1.82, 2.24) is 9.88 Å². The van der Waals surface area contributed by atoms with Gasteiger partial charge >= 0.3 is 6.18 Å². The molecule has 3 nitrogen and oxygen atoms in total. The first-order valence-electron chi connectivity index (χ1n) is 6.70. The molecular formula is C14H17F3N2O. The van der Waals surface area contributed by atoms with Crippen LogP contribution in [0.5, 0.6) is 0 Å². The number of likely N-dealkylation sites (tertiary alicyclic amines) is 1. The fourth-order valence-electron chi connectivity index (χ4n) is 2.50. The van der Waals surface area contributed by atoms with Crippen LogP contribution >= 0.6 is 0 Å². The summed E-state index contributed by atoms with van der Waals surface area (Å²) in [6.45, 7) is 1.06. The molecule has 0 atom stereocenters. The molecule has 1 aliphatic heterocycles. The zero-order valence-corrected chi connectivity index (χ0v) is 11.1. The summed E-state index contributed by atoms with van der Waals surface area (Å²) < 4.78 is 36.3. The lowest BCUT2D eigenvalue weighted by molar-refractivity contribution is -0.149. The number of hydrogen-bond acceptors (Lipinski definition) is 2. The number of nitrogens with zero attached hydrogens (tertiary/aromatic N) is 2. The van der Waals surface area contributed by atoms with E-state index in [-0.39, 0.29) is 0 Å². The standard InChI is InChI=1S/C14H17F3N2O/c15-14(16,17)6-1-13(20)19-9-4-12(5-10-19)11-2-7-18-8-3-11/h2-3,7-8,12H,1,4-6,9-10H2. The topological polar surface area (TPSA) is 33.2 Å². The van der Waals surface area contributed by atoms with Crippen molar-refractivity contribution in [3.63, 3.8) is 0 Å². The van der Waals surface area contributed by atoms with Gasteiger partial charge in [0.15, 0.2) is 0 Å². The highest BCUT2D eigenvalue weighted by molar-refractivity contribution is 5.76. The van der Waals surface area contributed by atoms with Crippen LogP contribution in [0.15, 0.2) is 24.5 Å². The van der Waals surface area contributed by atoms with E-state index in [0.717, 1.165) is 12.8 Å². The quantitative estimate of drug-likeness (QED) is 0.855. The number of halogens is 3. The minimum atomic E-state index is -4.26. The summed E-state index contributed by atoms with van der Waals surface area (Å²) in [6, 6.07) is 3.90. The minimum absolute atomic E-state index is 0.365. The maximum absolute atomic E-state index is 12.1. The zero-order chi connectivity index (χ0) is 14.6. The van der Waals surface area contributed by atoms with E-state index in [4.69, 9.17) is 0 Å². The first-order valence-corrected chi connectivity index (χ1v) is 6.70. The van der Waals surface area contributed by atoms with Crippen LogP contribution in [-0.4, -0.2) is 35.1 Å². The Balaban J connectivity index is 1.81. The number of carbonyl (C=O) groups is 1. The van der Waals surface area contributed by atoms with E-state index in [2.05, 4.69) is 4.98 Å². The summed E-state index contributed by atoms with van der Waals surface area (Å²) in [7, 11) is 0. The van der Waals surface area contributed by atoms with Gasteiger partial charge in [0, 0.05) is 31.9 Å². The number of pyridine rings is 1. The molecule has 1 fully saturated rings. The normalized spacial score (nSPS) is 17.2. The van der Waals surface area contributed by atoms with E-state index >= 15 is 0 Å². The fraction of sp³-hybridized carbons (Fsp3) is 0.571. The second kappa shape index (κ2) is 6.24. The second-order valence-electron chi connectivity index (χ2n) is 5.05. The molecule has 0 aromatic carbocycles. The third-order valence-corrected chi connectivity index (χ3v) is 3.65. The average molecular weight is 286 g/mol. The number of amides is 1. The Hall–Kier alpha value is -1.59. The predicted molar refractivity (Wildman–Crippen MR) is 68.1 cm³/mol. The highest BCUT2D eigenvalue weighted by Gasteiger charge is 2.30. The average Bonchev–Trinajstić information content (AvgIpc) is 2.45. The van der Waals surface area contributed by atoms with Gasteiger partial charge in [0.1, 0.15) is 0 Å². The molecule has 1 aromatic heterocycles. The number of hydrogen-bond donors (Lipinski definition) is 0. The molecule has 2 heterocycles. The van der Waals surface area contributed by atoms with Crippen molar-refractivity contribution < 1.29 is 18.0 Å². The Bertz CT molecular complexity index is 439. The van der Waals surface area contributed by atoms with Crippen molar-refractivity contribution in [3.8, 4) is 0 Å². The van der Waals surface area contributed by atoms with Gasteiger partial charge in [-0.3, -0.25) is 9.78 Å². The van der Waals surface area contributed by atoms with Gasteiger partial charge in [0.25, 0.3) is 0 Å². The lowest BCUT2D eigenvalue weighted by atomic mass is 9.90. The van der Waals surface area contributed by atoms with E-state index < -0.39 is 24.9 Å². The van der Waals surface area contributed by atoms with Crippen LogP contribution in [0.3, 0.4) is 0 Å². The van der Waals surface area contributed by atoms with Crippen LogP contribution in [0.25, 0.3) is 0 Å². The predicted octanol–water partition coefficient (Wildman–Crippen LogP) is 3.13. The third-order valence-electron chi connectivity index (χ3n) is 3.65. The molecule has 0 spiro atoms. The molecule has 0 bridgehead atoms. The van der Waals surface area contributed by atoms with E-state index in [1.54, 1.807) is 17.3 Å². The summed E-state index contributed by atoms with van der Waals surface area (Å²) in [5.74, 6) is -0.0276. The van der Waals surface area contributed by atoms with Crippen molar-refractivity contribution >= 4 is 5.91 Å². The second-order valence-corrected chi connectivity index (χ2v) is 5.05. The summed E-state index contributed by atoms with van der Waals surface area (Å²) in [6.07, 6.45) is -0.680. The van der Waals surface area contributed by atoms with Gasteiger partial charge in [-0.05, 0) is 36.5 Å². The van der Waals surface area contributed by atoms with Gasteiger partial charge in [-0.25, -0.2) is 0 Å². The molecular weight excluding hydrogens is 269 g/mol. The highest BCUT2D eigenvalue weighted by atomic mass is 19.4. The first-order chi connectivity index (χ1) is 9.46. The lowest BCUT2D eigenvalue weighted by Gasteiger charge is -2.32. The van der Waals surface area contributed by atoms with Gasteiger partial charge in [-0.1, -0.05) is 0 Å². The third kappa shape index (κ3) is 4.21. The van der Waals surface area contributed by atoms with Crippen LogP contribution in [0.2, 0.25) is 0 Å². The number of alkyl halides is 3. The van der Waals surface area contributed by atoms with Gasteiger partial charge < -0.3 is 4.90 Å². The molecule has 1 saturated heterocycles. The van der Waals surface area contributed by atoms with Crippen molar-refractivity contribution in [2.75, 3.05) is 13.1 Å². The molecule has 6 heteroatoms. The summed E-state index contributed by atoms with van der Waals surface area (Å²) in [5, 5.41) is 0. The molecule has 110 valence electrons. The van der Waals surface area contributed by atoms with Gasteiger partial charge in [0.2, 0.25) is 5.91 Å². The molecule has 0 saturated carbocycles. The van der Waals surface area contributed by atoms with Crippen molar-refractivity contribution in [3.05, 3.63) is 30.1 Å².